The Labute approximate surface area is 127 Å². The summed E-state index contributed by atoms with van der Waals surface area (Å²) in [6.07, 6.45) is 2.70. The smallest absolute Gasteiger partial charge is 0.146 e. The molecule has 0 spiro atoms. The summed E-state index contributed by atoms with van der Waals surface area (Å²) in [6, 6.07) is 14.4. The first-order valence-electron chi connectivity index (χ1n) is 7.24. The number of aromatic nitrogens is 1. The summed E-state index contributed by atoms with van der Waals surface area (Å²) >= 11 is 0. The molecule has 0 unspecified atom stereocenters. The maximum atomic E-state index is 10.5. The number of ketones is 1. The van der Waals surface area contributed by atoms with Gasteiger partial charge in [-0.15, -0.1) is 0 Å². The van der Waals surface area contributed by atoms with Gasteiger partial charge in [-0.05, 0) is 45.5 Å². The number of likely N-dealkylation sites (N-methyl/N-ethyl adjacent to an activating group) is 1. The van der Waals surface area contributed by atoms with Crippen molar-refractivity contribution in [3.63, 3.8) is 0 Å². The summed E-state index contributed by atoms with van der Waals surface area (Å²) in [7, 11) is 1.80. The molecule has 0 fully saturated rings. The van der Waals surface area contributed by atoms with Crippen LogP contribution >= 0.6 is 0 Å². The van der Waals surface area contributed by atoms with Crippen LogP contribution in [0.2, 0.25) is 0 Å². The molecule has 0 aliphatic rings. The van der Waals surface area contributed by atoms with Crippen molar-refractivity contribution in [3.05, 3.63) is 54.2 Å². The highest BCUT2D eigenvalue weighted by molar-refractivity contribution is 5.81. The zero-order valence-electron chi connectivity index (χ0n) is 13.3. The molecule has 3 heteroatoms. The maximum absolute atomic E-state index is 10.5. The van der Waals surface area contributed by atoms with Crippen LogP contribution in [-0.4, -0.2) is 23.9 Å². The number of nitrogens with zero attached hydrogens (tertiary/aromatic N) is 1. The number of Topliss-reactive ketones (excluding diaryl/α,β-unsaturated/α-hetero) is 1. The minimum atomic E-state index is 0.0648. The summed E-state index contributed by atoms with van der Waals surface area (Å²) in [5, 5.41) is 2.90. The molecule has 1 aromatic carbocycles. The van der Waals surface area contributed by atoms with E-state index in [9.17, 15) is 4.79 Å². The molecule has 3 nitrogen and oxygen atoms in total. The predicted octanol–water partition coefficient (Wildman–Crippen LogP) is 3.63. The van der Waals surface area contributed by atoms with E-state index in [4.69, 9.17) is 0 Å². The Morgan fingerprint density at radius 3 is 2.43 bits per heavy atom. The van der Waals surface area contributed by atoms with Gasteiger partial charge in [-0.3, -0.25) is 9.78 Å². The molecular formula is C18H24N2O. The summed E-state index contributed by atoms with van der Waals surface area (Å²) in [4.78, 5) is 14.8. The van der Waals surface area contributed by atoms with Gasteiger partial charge in [0.2, 0.25) is 0 Å². The number of pyridine rings is 1. The minimum Gasteiger partial charge on any atom is -0.311 e. The average Bonchev–Trinajstić information content (AvgIpc) is 2.50. The number of rotatable bonds is 4. The first kappa shape index (κ1) is 17.1. The first-order chi connectivity index (χ1) is 10.1. The van der Waals surface area contributed by atoms with E-state index in [2.05, 4.69) is 41.5 Å². The van der Waals surface area contributed by atoms with Crippen molar-refractivity contribution in [2.24, 2.45) is 0 Å². The number of benzene rings is 1. The van der Waals surface area contributed by atoms with Crippen LogP contribution in [0.4, 0.5) is 0 Å². The number of carbonyl (C=O) groups excluding carboxylic acids is 1. The number of hydrogen-bond acceptors (Lipinski definition) is 3. The number of hydrogen-bond donors (Lipinski definition) is 1. The Morgan fingerprint density at radius 1 is 1.24 bits per heavy atom. The molecule has 2 rings (SSSR count). The Morgan fingerprint density at radius 2 is 2.00 bits per heavy atom. The molecule has 0 saturated carbocycles. The molecular weight excluding hydrogens is 260 g/mol. The van der Waals surface area contributed by atoms with Gasteiger partial charge < -0.3 is 5.32 Å². The molecule has 1 heterocycles. The largest absolute Gasteiger partial charge is 0.311 e. The van der Waals surface area contributed by atoms with Crippen LogP contribution in [0.25, 0.3) is 11.3 Å². The second-order valence-electron chi connectivity index (χ2n) is 4.94. The van der Waals surface area contributed by atoms with Crippen molar-refractivity contribution in [1.82, 2.24) is 10.3 Å². The van der Waals surface area contributed by atoms with Crippen molar-refractivity contribution in [2.45, 2.75) is 33.2 Å². The third kappa shape index (κ3) is 5.88. The van der Waals surface area contributed by atoms with Gasteiger partial charge in [0.05, 0.1) is 11.7 Å². The van der Waals surface area contributed by atoms with Crippen LogP contribution < -0.4 is 5.32 Å². The van der Waals surface area contributed by atoms with E-state index in [1.165, 1.54) is 11.1 Å². The molecule has 0 bridgehead atoms. The molecule has 112 valence electrons. The van der Waals surface area contributed by atoms with E-state index >= 15 is 0 Å². The topological polar surface area (TPSA) is 42.0 Å². The lowest BCUT2D eigenvalue weighted by molar-refractivity contribution is -0.118. The van der Waals surface area contributed by atoms with E-state index in [0.717, 1.165) is 12.1 Å². The minimum absolute atomic E-state index is 0.0648. The van der Waals surface area contributed by atoms with E-state index < -0.39 is 0 Å². The van der Waals surface area contributed by atoms with Crippen molar-refractivity contribution in [1.29, 1.82) is 0 Å². The number of nitrogens with one attached hydrogen (secondary N) is 1. The fraction of sp³-hybridized carbons (Fsp3) is 0.333. The summed E-state index contributed by atoms with van der Waals surface area (Å²) in [6.45, 7) is 5.68. The summed E-state index contributed by atoms with van der Waals surface area (Å²) in [5.74, 6) is 0.218. The Bertz CT molecular complexity index is 548. The van der Waals surface area contributed by atoms with Gasteiger partial charge in [0.1, 0.15) is 5.78 Å². The van der Waals surface area contributed by atoms with Gasteiger partial charge in [0.15, 0.2) is 0 Å². The number of aryl methyl sites for hydroxylation is 1. The van der Waals surface area contributed by atoms with E-state index in [1.807, 2.05) is 31.3 Å². The van der Waals surface area contributed by atoms with E-state index in [1.54, 1.807) is 14.0 Å². The molecule has 2 aromatic rings. The van der Waals surface area contributed by atoms with Crippen LogP contribution in [0.15, 0.2) is 48.7 Å². The van der Waals surface area contributed by atoms with Crippen LogP contribution in [0, 0.1) is 6.92 Å². The standard InChI is InChI=1S/C12H11N.C6H13NO/c1-10-5-4-6-11(9-10)12-7-2-3-8-13-12;1-4-6(7-3)5(2)8/h2-9H,1H3;6-7H,4H2,1-3H3/t;6-/m.0/s1. The third-order valence-electron chi connectivity index (χ3n) is 3.23. The van der Waals surface area contributed by atoms with Gasteiger partial charge in [0.25, 0.3) is 0 Å². The molecule has 0 aliphatic carbocycles. The Kier molecular flexibility index (Phi) is 7.33. The molecule has 21 heavy (non-hydrogen) atoms. The van der Waals surface area contributed by atoms with Gasteiger partial charge in [-0.2, -0.15) is 0 Å². The van der Waals surface area contributed by atoms with Crippen molar-refractivity contribution < 1.29 is 4.79 Å². The molecule has 0 aliphatic heterocycles. The lowest BCUT2D eigenvalue weighted by atomic mass is 10.1. The van der Waals surface area contributed by atoms with Crippen LogP contribution in [0.3, 0.4) is 0 Å². The molecule has 1 atom stereocenters. The number of carbonyl (C=O) groups is 1. The normalized spacial score (nSPS) is 11.2. The summed E-state index contributed by atoms with van der Waals surface area (Å²) < 4.78 is 0. The van der Waals surface area contributed by atoms with Gasteiger partial charge in [-0.25, -0.2) is 0 Å². The molecule has 1 N–H and O–H groups in total. The van der Waals surface area contributed by atoms with Crippen LogP contribution in [-0.2, 0) is 4.79 Å². The fourth-order valence-electron chi connectivity index (χ4n) is 2.03. The molecule has 1 aromatic heterocycles. The molecule has 0 saturated heterocycles. The highest BCUT2D eigenvalue weighted by Gasteiger charge is 2.05. The molecule has 0 radical (unpaired) electrons. The Hall–Kier alpha value is -2.00. The third-order valence-corrected chi connectivity index (χ3v) is 3.23. The highest BCUT2D eigenvalue weighted by Crippen LogP contribution is 2.16. The van der Waals surface area contributed by atoms with Gasteiger partial charge in [-0.1, -0.05) is 36.8 Å². The van der Waals surface area contributed by atoms with E-state index in [-0.39, 0.29) is 11.8 Å². The SMILES string of the molecule is CC[C@H](NC)C(C)=O.Cc1cccc(-c2ccccn2)c1. The van der Waals surface area contributed by atoms with Crippen LogP contribution in [0.5, 0.6) is 0 Å². The maximum Gasteiger partial charge on any atom is 0.146 e. The monoisotopic (exact) mass is 284 g/mol. The molecule has 0 amide bonds. The second kappa shape index (κ2) is 9.03. The van der Waals surface area contributed by atoms with Gasteiger partial charge in [0, 0.05) is 11.8 Å². The van der Waals surface area contributed by atoms with Crippen molar-refractivity contribution in [2.75, 3.05) is 7.05 Å². The lowest BCUT2D eigenvalue weighted by Crippen LogP contribution is -2.31. The van der Waals surface area contributed by atoms with E-state index in [0.29, 0.717) is 0 Å². The first-order valence-corrected chi connectivity index (χ1v) is 7.24. The summed E-state index contributed by atoms with van der Waals surface area (Å²) in [5.41, 5.74) is 3.48. The van der Waals surface area contributed by atoms with Crippen molar-refractivity contribution >= 4 is 5.78 Å². The quantitative estimate of drug-likeness (QED) is 0.932. The fourth-order valence-corrected chi connectivity index (χ4v) is 2.03. The van der Waals surface area contributed by atoms with Crippen LogP contribution in [0.1, 0.15) is 25.8 Å². The zero-order chi connectivity index (χ0) is 15.7. The predicted molar refractivity (Wildman–Crippen MR) is 88.2 cm³/mol. The van der Waals surface area contributed by atoms with Crippen molar-refractivity contribution in [3.8, 4) is 11.3 Å². The average molecular weight is 284 g/mol. The van der Waals surface area contributed by atoms with Gasteiger partial charge >= 0.3 is 0 Å². The zero-order valence-corrected chi connectivity index (χ0v) is 13.3. The second-order valence-corrected chi connectivity index (χ2v) is 4.94. The Balaban J connectivity index is 0.000000240. The highest BCUT2D eigenvalue weighted by atomic mass is 16.1. The lowest BCUT2D eigenvalue weighted by Gasteiger charge is -2.07.